The van der Waals surface area contributed by atoms with Gasteiger partial charge in [0.1, 0.15) is 6.04 Å². The highest BCUT2D eigenvalue weighted by atomic mass is 32.1. The van der Waals surface area contributed by atoms with Gasteiger partial charge < -0.3 is 15.0 Å². The second-order valence-electron chi connectivity index (χ2n) is 6.05. The predicted molar refractivity (Wildman–Crippen MR) is 106 cm³/mol. The summed E-state index contributed by atoms with van der Waals surface area (Å²) in [5, 5.41) is 5.39. The fourth-order valence-electron chi connectivity index (χ4n) is 2.61. The predicted octanol–water partition coefficient (Wildman–Crippen LogP) is 1.16. The molecule has 144 valence electrons. The maximum absolute atomic E-state index is 12.1. The van der Waals surface area contributed by atoms with E-state index in [1.165, 1.54) is 6.08 Å². The number of piperazine rings is 1. The number of nitrogens with zero attached hydrogens (tertiary/aromatic N) is 1. The number of benzene rings is 1. The molecule has 0 aliphatic carbocycles. The SMILES string of the molecule is CCOC(=O)CC1C(=O)NCCN1C(=S)NC(=O)C=Cc1ccc(C)cc1. The van der Waals surface area contributed by atoms with Crippen molar-refractivity contribution < 1.29 is 19.1 Å². The molecule has 1 saturated heterocycles. The van der Waals surface area contributed by atoms with Crippen molar-refractivity contribution in [2.24, 2.45) is 0 Å². The fraction of sp³-hybridized carbons (Fsp3) is 0.368. The van der Waals surface area contributed by atoms with Gasteiger partial charge in [0.05, 0.1) is 13.0 Å². The number of hydrogen-bond donors (Lipinski definition) is 2. The molecule has 27 heavy (non-hydrogen) atoms. The summed E-state index contributed by atoms with van der Waals surface area (Å²) in [4.78, 5) is 37.6. The van der Waals surface area contributed by atoms with Gasteiger partial charge in [0.25, 0.3) is 0 Å². The third-order valence-corrected chi connectivity index (χ3v) is 4.33. The summed E-state index contributed by atoms with van der Waals surface area (Å²) in [6.07, 6.45) is 2.92. The maximum atomic E-state index is 12.1. The van der Waals surface area contributed by atoms with E-state index in [0.29, 0.717) is 13.1 Å². The number of nitrogens with one attached hydrogen (secondary N) is 2. The van der Waals surface area contributed by atoms with Crippen LogP contribution in [0.15, 0.2) is 30.3 Å². The quantitative estimate of drug-likeness (QED) is 0.446. The van der Waals surface area contributed by atoms with Crippen molar-refractivity contribution in [3.8, 4) is 0 Å². The Kier molecular flexibility index (Phi) is 7.48. The van der Waals surface area contributed by atoms with Crippen molar-refractivity contribution in [3.05, 3.63) is 41.5 Å². The normalized spacial score (nSPS) is 16.7. The molecule has 8 heteroatoms. The zero-order valence-electron chi connectivity index (χ0n) is 15.4. The second-order valence-corrected chi connectivity index (χ2v) is 6.43. The van der Waals surface area contributed by atoms with E-state index in [1.807, 2.05) is 31.2 Å². The van der Waals surface area contributed by atoms with E-state index >= 15 is 0 Å². The van der Waals surface area contributed by atoms with Gasteiger partial charge in [0, 0.05) is 19.2 Å². The number of carbonyl (C=O) groups is 3. The van der Waals surface area contributed by atoms with Crippen molar-refractivity contribution in [3.63, 3.8) is 0 Å². The Bertz CT molecular complexity index is 746. The number of ether oxygens (including phenoxy) is 1. The van der Waals surface area contributed by atoms with Gasteiger partial charge in [-0.3, -0.25) is 19.7 Å². The molecule has 0 bridgehead atoms. The molecule has 0 aromatic heterocycles. The molecule has 1 atom stereocenters. The van der Waals surface area contributed by atoms with Crippen LogP contribution in [0.1, 0.15) is 24.5 Å². The van der Waals surface area contributed by atoms with E-state index in [0.717, 1.165) is 11.1 Å². The average molecular weight is 389 g/mol. The van der Waals surface area contributed by atoms with Crippen molar-refractivity contribution >= 4 is 41.2 Å². The molecule has 2 N–H and O–H groups in total. The van der Waals surface area contributed by atoms with Crippen LogP contribution in [0.3, 0.4) is 0 Å². The molecule has 1 aromatic carbocycles. The number of esters is 1. The van der Waals surface area contributed by atoms with Crippen LogP contribution in [0.5, 0.6) is 0 Å². The lowest BCUT2D eigenvalue weighted by atomic mass is 10.1. The Balaban J connectivity index is 1.98. The molecule has 0 radical (unpaired) electrons. The zero-order valence-corrected chi connectivity index (χ0v) is 16.2. The molecule has 1 aliphatic heterocycles. The Hall–Kier alpha value is -2.74. The van der Waals surface area contributed by atoms with Crippen LogP contribution in [-0.2, 0) is 19.1 Å². The Morgan fingerprint density at radius 1 is 1.37 bits per heavy atom. The van der Waals surface area contributed by atoms with Crippen LogP contribution in [0, 0.1) is 6.92 Å². The van der Waals surface area contributed by atoms with Gasteiger partial charge in [-0.05, 0) is 37.7 Å². The topological polar surface area (TPSA) is 87.7 Å². The van der Waals surface area contributed by atoms with E-state index in [9.17, 15) is 14.4 Å². The molecule has 1 aromatic rings. The van der Waals surface area contributed by atoms with Crippen molar-refractivity contribution in [2.75, 3.05) is 19.7 Å². The lowest BCUT2D eigenvalue weighted by Gasteiger charge is -2.36. The highest BCUT2D eigenvalue weighted by molar-refractivity contribution is 7.80. The van der Waals surface area contributed by atoms with E-state index in [4.69, 9.17) is 17.0 Å². The monoisotopic (exact) mass is 389 g/mol. The van der Waals surface area contributed by atoms with Gasteiger partial charge >= 0.3 is 5.97 Å². The summed E-state index contributed by atoms with van der Waals surface area (Å²) in [5.74, 6) is -1.21. The molecule has 1 unspecified atom stereocenters. The van der Waals surface area contributed by atoms with Gasteiger partial charge in [0.15, 0.2) is 5.11 Å². The zero-order chi connectivity index (χ0) is 19.8. The van der Waals surface area contributed by atoms with Gasteiger partial charge in [-0.1, -0.05) is 29.8 Å². The highest BCUT2D eigenvalue weighted by Gasteiger charge is 2.33. The number of aryl methyl sites for hydroxylation is 1. The second kappa shape index (κ2) is 9.82. The van der Waals surface area contributed by atoms with E-state index < -0.39 is 17.9 Å². The summed E-state index contributed by atoms with van der Waals surface area (Å²) in [7, 11) is 0. The minimum Gasteiger partial charge on any atom is -0.466 e. The lowest BCUT2D eigenvalue weighted by molar-refractivity contribution is -0.147. The van der Waals surface area contributed by atoms with Crippen molar-refractivity contribution in [1.29, 1.82) is 0 Å². The Morgan fingerprint density at radius 2 is 2.07 bits per heavy atom. The summed E-state index contributed by atoms with van der Waals surface area (Å²) in [6, 6.07) is 6.92. The molecule has 2 rings (SSSR count). The number of rotatable bonds is 5. The molecule has 1 heterocycles. The van der Waals surface area contributed by atoms with E-state index in [1.54, 1.807) is 17.9 Å². The fourth-order valence-corrected chi connectivity index (χ4v) is 2.93. The molecule has 2 amide bonds. The van der Waals surface area contributed by atoms with Crippen LogP contribution < -0.4 is 10.6 Å². The maximum Gasteiger partial charge on any atom is 0.308 e. The minimum atomic E-state index is -0.799. The van der Waals surface area contributed by atoms with Crippen LogP contribution in [-0.4, -0.2) is 53.5 Å². The Labute approximate surface area is 163 Å². The van der Waals surface area contributed by atoms with Crippen molar-refractivity contribution in [2.45, 2.75) is 26.3 Å². The number of thiocarbonyl (C=S) groups is 1. The standard InChI is InChI=1S/C19H23N3O4S/c1-3-26-17(24)12-15-18(25)20-10-11-22(15)19(27)21-16(23)9-8-14-6-4-13(2)5-7-14/h4-9,15H,3,10-12H2,1-2H3,(H,20,25)(H,21,23,27). The van der Waals surface area contributed by atoms with Crippen LogP contribution in [0.25, 0.3) is 6.08 Å². The average Bonchev–Trinajstić information content (AvgIpc) is 2.63. The minimum absolute atomic E-state index is 0.109. The molecule has 0 spiro atoms. The first kappa shape index (κ1) is 20.6. The van der Waals surface area contributed by atoms with Gasteiger partial charge in [0.2, 0.25) is 11.8 Å². The number of carbonyl (C=O) groups excluding carboxylic acids is 3. The molecule has 7 nitrogen and oxygen atoms in total. The largest absolute Gasteiger partial charge is 0.466 e. The van der Waals surface area contributed by atoms with Gasteiger partial charge in [-0.2, -0.15) is 0 Å². The number of hydrogen-bond acceptors (Lipinski definition) is 5. The molecule has 0 saturated carbocycles. The molecule has 1 aliphatic rings. The van der Waals surface area contributed by atoms with E-state index in [2.05, 4.69) is 10.6 Å². The highest BCUT2D eigenvalue weighted by Crippen LogP contribution is 2.11. The third kappa shape index (κ3) is 6.18. The van der Waals surface area contributed by atoms with Gasteiger partial charge in [-0.25, -0.2) is 0 Å². The Morgan fingerprint density at radius 3 is 2.74 bits per heavy atom. The first-order valence-corrected chi connectivity index (χ1v) is 9.11. The smallest absolute Gasteiger partial charge is 0.308 e. The van der Waals surface area contributed by atoms with Gasteiger partial charge in [-0.15, -0.1) is 0 Å². The molecular formula is C19H23N3O4S. The number of amides is 2. The van der Waals surface area contributed by atoms with Crippen LogP contribution in [0.2, 0.25) is 0 Å². The van der Waals surface area contributed by atoms with Crippen molar-refractivity contribution in [1.82, 2.24) is 15.5 Å². The summed E-state index contributed by atoms with van der Waals surface area (Å²) in [6.45, 7) is 4.70. The molecular weight excluding hydrogens is 366 g/mol. The van der Waals surface area contributed by atoms with E-state index in [-0.39, 0.29) is 24.0 Å². The van der Waals surface area contributed by atoms with Crippen LogP contribution in [0.4, 0.5) is 0 Å². The first-order valence-electron chi connectivity index (χ1n) is 8.70. The lowest BCUT2D eigenvalue weighted by Crippen LogP contribution is -2.60. The first-order chi connectivity index (χ1) is 12.9. The summed E-state index contributed by atoms with van der Waals surface area (Å²) in [5.41, 5.74) is 2.02. The summed E-state index contributed by atoms with van der Waals surface area (Å²) >= 11 is 5.27. The van der Waals surface area contributed by atoms with Crippen LogP contribution >= 0.6 is 12.2 Å². The third-order valence-electron chi connectivity index (χ3n) is 3.99. The molecule has 1 fully saturated rings. The summed E-state index contributed by atoms with van der Waals surface area (Å²) < 4.78 is 4.91.